The Hall–Kier alpha value is -2.37. The van der Waals surface area contributed by atoms with Crippen LogP contribution < -0.4 is 10.6 Å². The number of carbonyl (C=O) groups is 3. The zero-order valence-corrected chi connectivity index (χ0v) is 16.0. The molecule has 138 valence electrons. The number of nitrogens with one attached hydrogen (secondary N) is 2. The van der Waals surface area contributed by atoms with Crippen LogP contribution in [-0.4, -0.2) is 47.3 Å². The van der Waals surface area contributed by atoms with E-state index < -0.39 is 0 Å². The van der Waals surface area contributed by atoms with Crippen LogP contribution in [-0.2, 0) is 4.79 Å². The highest BCUT2D eigenvalue weighted by atomic mass is 16.2. The minimum atomic E-state index is -0.325. The Morgan fingerprint density at radius 3 is 2.00 bits per heavy atom. The van der Waals surface area contributed by atoms with Crippen molar-refractivity contribution in [3.63, 3.8) is 0 Å². The van der Waals surface area contributed by atoms with Gasteiger partial charge in [-0.1, -0.05) is 0 Å². The van der Waals surface area contributed by atoms with Gasteiger partial charge in [0.2, 0.25) is 5.91 Å². The van der Waals surface area contributed by atoms with E-state index in [4.69, 9.17) is 0 Å². The molecule has 0 bridgehead atoms. The van der Waals surface area contributed by atoms with Gasteiger partial charge in [0, 0.05) is 29.3 Å². The fraction of sp³-hybridized carbons (Fsp3) is 0.526. The minimum Gasteiger partial charge on any atom is -0.352 e. The molecule has 0 aliphatic carbocycles. The van der Waals surface area contributed by atoms with Gasteiger partial charge in [0.05, 0.1) is 6.54 Å². The summed E-state index contributed by atoms with van der Waals surface area (Å²) in [6.45, 7) is 11.7. The number of amides is 3. The van der Waals surface area contributed by atoms with Crippen LogP contribution in [0.15, 0.2) is 24.3 Å². The van der Waals surface area contributed by atoms with Gasteiger partial charge < -0.3 is 15.5 Å². The summed E-state index contributed by atoms with van der Waals surface area (Å²) in [7, 11) is 0. The molecule has 0 spiro atoms. The second-order valence-electron chi connectivity index (χ2n) is 7.32. The van der Waals surface area contributed by atoms with Gasteiger partial charge in [-0.2, -0.15) is 0 Å². The lowest BCUT2D eigenvalue weighted by Gasteiger charge is -2.22. The van der Waals surface area contributed by atoms with Crippen molar-refractivity contribution in [3.05, 3.63) is 35.4 Å². The van der Waals surface area contributed by atoms with Crippen molar-refractivity contribution in [2.75, 3.05) is 13.1 Å². The molecule has 0 saturated carbocycles. The maximum absolute atomic E-state index is 12.6. The zero-order chi connectivity index (χ0) is 19.2. The molecule has 3 amide bonds. The predicted octanol–water partition coefficient (Wildman–Crippen LogP) is 2.20. The van der Waals surface area contributed by atoms with Crippen LogP contribution in [0, 0.1) is 0 Å². The maximum Gasteiger partial charge on any atom is 0.254 e. The highest BCUT2D eigenvalue weighted by molar-refractivity contribution is 5.99. The molecule has 0 radical (unpaired) electrons. The third-order valence-electron chi connectivity index (χ3n) is 3.34. The lowest BCUT2D eigenvalue weighted by molar-refractivity contribution is -0.122. The number of likely N-dealkylation sites (N-methyl/N-ethyl adjacent to an activating group) is 1. The molecule has 0 aliphatic rings. The molecule has 0 aliphatic heterocycles. The van der Waals surface area contributed by atoms with Gasteiger partial charge >= 0.3 is 0 Å². The first kappa shape index (κ1) is 20.7. The average molecular weight is 347 g/mol. The Bertz CT molecular complexity index is 616. The quantitative estimate of drug-likeness (QED) is 0.828. The van der Waals surface area contributed by atoms with Gasteiger partial charge in [-0.15, -0.1) is 0 Å². The van der Waals surface area contributed by atoms with E-state index in [9.17, 15) is 14.4 Å². The molecule has 6 nitrogen and oxygen atoms in total. The normalized spacial score (nSPS) is 11.2. The van der Waals surface area contributed by atoms with Crippen molar-refractivity contribution in [3.8, 4) is 0 Å². The van der Waals surface area contributed by atoms with Gasteiger partial charge in [-0.3, -0.25) is 14.4 Å². The van der Waals surface area contributed by atoms with Crippen LogP contribution in [0.5, 0.6) is 0 Å². The second kappa shape index (κ2) is 8.65. The molecule has 6 heteroatoms. The summed E-state index contributed by atoms with van der Waals surface area (Å²) in [5.74, 6) is -0.606. The second-order valence-corrected chi connectivity index (χ2v) is 7.32. The number of hydrogen-bond acceptors (Lipinski definition) is 3. The molecule has 0 aromatic heterocycles. The first-order valence-electron chi connectivity index (χ1n) is 8.54. The van der Waals surface area contributed by atoms with Gasteiger partial charge in [-0.25, -0.2) is 0 Å². The molecule has 25 heavy (non-hydrogen) atoms. The van der Waals surface area contributed by atoms with E-state index in [1.54, 1.807) is 24.3 Å². The highest BCUT2D eigenvalue weighted by Gasteiger charge is 2.19. The first-order chi connectivity index (χ1) is 11.5. The maximum atomic E-state index is 12.6. The minimum absolute atomic E-state index is 0.0137. The van der Waals surface area contributed by atoms with E-state index in [-0.39, 0.29) is 35.8 Å². The summed E-state index contributed by atoms with van der Waals surface area (Å²) >= 11 is 0. The first-order valence-corrected chi connectivity index (χ1v) is 8.54. The number of rotatable bonds is 6. The van der Waals surface area contributed by atoms with Crippen LogP contribution in [0.1, 0.15) is 62.3 Å². The molecule has 0 heterocycles. The summed E-state index contributed by atoms with van der Waals surface area (Å²) in [6.07, 6.45) is 0. The van der Waals surface area contributed by atoms with E-state index in [0.717, 1.165) is 0 Å². The van der Waals surface area contributed by atoms with Crippen LogP contribution >= 0.6 is 0 Å². The number of benzene rings is 1. The number of nitrogens with zero attached hydrogens (tertiary/aromatic N) is 1. The van der Waals surface area contributed by atoms with Crippen LogP contribution in [0.3, 0.4) is 0 Å². The Morgan fingerprint density at radius 2 is 1.56 bits per heavy atom. The van der Waals surface area contributed by atoms with E-state index in [2.05, 4.69) is 10.6 Å². The zero-order valence-electron chi connectivity index (χ0n) is 16.0. The lowest BCUT2D eigenvalue weighted by Crippen LogP contribution is -2.42. The fourth-order valence-corrected chi connectivity index (χ4v) is 2.23. The summed E-state index contributed by atoms with van der Waals surface area (Å²) in [4.78, 5) is 38.0. The van der Waals surface area contributed by atoms with Crippen LogP contribution in [0.25, 0.3) is 0 Å². The third-order valence-corrected chi connectivity index (χ3v) is 3.34. The van der Waals surface area contributed by atoms with Crippen LogP contribution in [0.4, 0.5) is 0 Å². The topological polar surface area (TPSA) is 78.5 Å². The molecule has 0 atom stereocenters. The average Bonchev–Trinajstić information content (AvgIpc) is 2.49. The van der Waals surface area contributed by atoms with E-state index in [1.807, 2.05) is 41.5 Å². The fourth-order valence-electron chi connectivity index (χ4n) is 2.23. The smallest absolute Gasteiger partial charge is 0.254 e. The molecule has 1 aromatic carbocycles. The van der Waals surface area contributed by atoms with Crippen molar-refractivity contribution in [2.24, 2.45) is 0 Å². The summed E-state index contributed by atoms with van der Waals surface area (Å²) in [5.41, 5.74) is 0.618. The van der Waals surface area contributed by atoms with Crippen LogP contribution in [0.2, 0.25) is 0 Å². The van der Waals surface area contributed by atoms with Gasteiger partial charge in [0.25, 0.3) is 11.8 Å². The third kappa shape index (κ3) is 6.95. The predicted molar refractivity (Wildman–Crippen MR) is 98.5 cm³/mol. The van der Waals surface area contributed by atoms with E-state index >= 15 is 0 Å². The molecule has 1 aromatic rings. The molecule has 1 rings (SSSR count). The van der Waals surface area contributed by atoms with Gasteiger partial charge in [-0.05, 0) is 65.8 Å². The van der Waals surface area contributed by atoms with Gasteiger partial charge in [0.1, 0.15) is 0 Å². The lowest BCUT2D eigenvalue weighted by atomic mass is 10.1. The van der Waals surface area contributed by atoms with Gasteiger partial charge in [0.15, 0.2) is 0 Å². The van der Waals surface area contributed by atoms with Crippen molar-refractivity contribution < 1.29 is 14.4 Å². The monoisotopic (exact) mass is 347 g/mol. The van der Waals surface area contributed by atoms with Crippen molar-refractivity contribution in [1.82, 2.24) is 15.5 Å². The van der Waals surface area contributed by atoms with E-state index in [0.29, 0.717) is 17.7 Å². The van der Waals surface area contributed by atoms with Crippen molar-refractivity contribution in [1.29, 1.82) is 0 Å². The standard InChI is InChI=1S/C19H29N3O3/c1-7-22(12-16(23)20-13(2)3)18(25)15-10-8-14(9-11-15)17(24)21-19(4,5)6/h8-11,13H,7,12H2,1-6H3,(H,20,23)(H,21,24). The molecular weight excluding hydrogens is 318 g/mol. The number of carbonyl (C=O) groups excluding carboxylic acids is 3. The van der Waals surface area contributed by atoms with E-state index in [1.165, 1.54) is 4.90 Å². The van der Waals surface area contributed by atoms with Crippen molar-refractivity contribution >= 4 is 17.7 Å². The SMILES string of the molecule is CCN(CC(=O)NC(C)C)C(=O)c1ccc(C(=O)NC(C)(C)C)cc1. The molecule has 0 unspecified atom stereocenters. The Labute approximate surface area is 150 Å². The largest absolute Gasteiger partial charge is 0.352 e. The number of hydrogen-bond donors (Lipinski definition) is 2. The molecular formula is C19H29N3O3. The molecule has 2 N–H and O–H groups in total. The summed E-state index contributed by atoms with van der Waals surface area (Å²) in [6, 6.07) is 6.50. The highest BCUT2D eigenvalue weighted by Crippen LogP contribution is 2.10. The Balaban J connectivity index is 2.80. The summed E-state index contributed by atoms with van der Waals surface area (Å²) < 4.78 is 0. The van der Waals surface area contributed by atoms with Crippen molar-refractivity contribution in [2.45, 2.75) is 53.1 Å². The summed E-state index contributed by atoms with van der Waals surface area (Å²) in [5, 5.41) is 5.65. The Kier molecular flexibility index (Phi) is 7.15. The Morgan fingerprint density at radius 1 is 1.04 bits per heavy atom. The molecule has 0 saturated heterocycles. The molecule has 0 fully saturated rings.